The minimum Gasteiger partial charge on any atom is -0.477 e. The Balaban J connectivity index is 1.78. The molecular formula is C21H23F2N3O3. The van der Waals surface area contributed by atoms with Gasteiger partial charge in [0.1, 0.15) is 11.3 Å². The molecule has 29 heavy (non-hydrogen) atoms. The van der Waals surface area contributed by atoms with E-state index in [1.807, 2.05) is 7.05 Å². The number of carboxylic acids is 1. The van der Waals surface area contributed by atoms with Crippen molar-refractivity contribution in [2.75, 3.05) is 25.0 Å². The number of carbonyl (C=O) groups is 1. The van der Waals surface area contributed by atoms with E-state index in [2.05, 4.69) is 5.32 Å². The van der Waals surface area contributed by atoms with E-state index < -0.39 is 28.6 Å². The van der Waals surface area contributed by atoms with E-state index in [-0.39, 0.29) is 39.7 Å². The SMILES string of the molecule is CN[C@@H]1CN(c2c(F)c(C)c3c(=O)c(C(=O)O)cn(C4CC4)c3c2F)CC12CC2. The van der Waals surface area contributed by atoms with Crippen molar-refractivity contribution in [2.45, 2.75) is 44.7 Å². The predicted octanol–water partition coefficient (Wildman–Crippen LogP) is 2.81. The number of nitrogens with zero attached hydrogens (tertiary/aromatic N) is 2. The van der Waals surface area contributed by atoms with Crippen molar-refractivity contribution in [3.05, 3.63) is 39.2 Å². The normalized spacial score (nSPS) is 22.6. The Hall–Kier alpha value is -2.48. The Morgan fingerprint density at radius 3 is 2.48 bits per heavy atom. The maximum atomic E-state index is 15.8. The van der Waals surface area contributed by atoms with Gasteiger partial charge in [-0.3, -0.25) is 4.79 Å². The number of aromatic nitrogens is 1. The average molecular weight is 403 g/mol. The van der Waals surface area contributed by atoms with Crippen molar-refractivity contribution in [1.82, 2.24) is 9.88 Å². The third-order valence-corrected chi connectivity index (χ3v) is 6.94. The first-order valence-electron chi connectivity index (χ1n) is 10.0. The number of fused-ring (bicyclic) bond motifs is 1. The summed E-state index contributed by atoms with van der Waals surface area (Å²) in [6.45, 7) is 2.50. The van der Waals surface area contributed by atoms with Gasteiger partial charge in [0.05, 0.1) is 10.9 Å². The second-order valence-electron chi connectivity index (χ2n) is 8.72. The quantitative estimate of drug-likeness (QED) is 0.821. The molecule has 5 rings (SSSR count). The molecule has 6 nitrogen and oxygen atoms in total. The highest BCUT2D eigenvalue weighted by Crippen LogP contribution is 2.54. The fourth-order valence-corrected chi connectivity index (χ4v) is 4.97. The lowest BCUT2D eigenvalue weighted by atomic mass is 10.0. The van der Waals surface area contributed by atoms with E-state index in [1.165, 1.54) is 17.7 Å². The molecule has 1 aromatic carbocycles. The summed E-state index contributed by atoms with van der Waals surface area (Å²) in [4.78, 5) is 26.1. The number of nitrogens with one attached hydrogen (secondary N) is 1. The summed E-state index contributed by atoms with van der Waals surface area (Å²) in [6, 6.07) is 0.0964. The Kier molecular flexibility index (Phi) is 3.84. The first kappa shape index (κ1) is 18.5. The summed E-state index contributed by atoms with van der Waals surface area (Å²) in [5.74, 6) is -2.93. The van der Waals surface area contributed by atoms with Crippen LogP contribution in [-0.2, 0) is 0 Å². The highest BCUT2D eigenvalue weighted by molar-refractivity contribution is 5.95. The first-order chi connectivity index (χ1) is 13.8. The largest absolute Gasteiger partial charge is 0.477 e. The van der Waals surface area contributed by atoms with Crippen molar-refractivity contribution in [3.8, 4) is 0 Å². The Labute approximate surface area is 166 Å². The number of pyridine rings is 1. The van der Waals surface area contributed by atoms with E-state index in [4.69, 9.17) is 0 Å². The van der Waals surface area contributed by atoms with Crippen molar-refractivity contribution in [1.29, 1.82) is 0 Å². The number of aryl methyl sites for hydroxylation is 1. The van der Waals surface area contributed by atoms with Crippen LogP contribution in [0.4, 0.5) is 14.5 Å². The zero-order valence-corrected chi connectivity index (χ0v) is 16.4. The van der Waals surface area contributed by atoms with Gasteiger partial charge >= 0.3 is 5.97 Å². The molecule has 2 heterocycles. The number of benzene rings is 1. The molecule has 3 fully saturated rings. The van der Waals surface area contributed by atoms with Crippen molar-refractivity contribution >= 4 is 22.6 Å². The van der Waals surface area contributed by atoms with Crippen LogP contribution in [-0.4, -0.2) is 41.8 Å². The van der Waals surface area contributed by atoms with Gasteiger partial charge in [-0.2, -0.15) is 0 Å². The second-order valence-corrected chi connectivity index (χ2v) is 8.72. The summed E-state index contributed by atoms with van der Waals surface area (Å²) in [7, 11) is 1.87. The molecule has 1 spiro atoms. The van der Waals surface area contributed by atoms with Gasteiger partial charge in [-0.25, -0.2) is 13.6 Å². The van der Waals surface area contributed by atoms with Crippen molar-refractivity contribution < 1.29 is 18.7 Å². The number of rotatable bonds is 4. The standard InChI is InChI=1S/C21H23F2N3O3/c1-10-14-17(26(11-3-4-11)7-12(19(14)27)20(28)29)16(23)18(15(10)22)25-8-13(24-2)21(9-25)5-6-21/h7,11,13,24H,3-6,8-9H2,1-2H3,(H,28,29)/t13-/m1/s1. The van der Waals surface area contributed by atoms with Crippen LogP contribution < -0.4 is 15.6 Å². The maximum Gasteiger partial charge on any atom is 0.341 e. The highest BCUT2D eigenvalue weighted by Gasteiger charge is 2.55. The van der Waals surface area contributed by atoms with E-state index in [1.54, 1.807) is 4.90 Å². The lowest BCUT2D eigenvalue weighted by Gasteiger charge is -2.24. The maximum absolute atomic E-state index is 15.8. The molecule has 2 N–H and O–H groups in total. The fourth-order valence-electron chi connectivity index (χ4n) is 4.97. The van der Waals surface area contributed by atoms with Crippen LogP contribution in [0.3, 0.4) is 0 Å². The van der Waals surface area contributed by atoms with Gasteiger partial charge < -0.3 is 19.9 Å². The molecule has 0 amide bonds. The monoisotopic (exact) mass is 403 g/mol. The molecule has 0 unspecified atom stereocenters. The summed E-state index contributed by atoms with van der Waals surface area (Å²) in [5, 5.41) is 12.5. The minimum absolute atomic E-state index is 0.0108. The van der Waals surface area contributed by atoms with Crippen LogP contribution in [0.1, 0.15) is 47.6 Å². The lowest BCUT2D eigenvalue weighted by molar-refractivity contribution is 0.0695. The molecule has 2 aromatic rings. The lowest BCUT2D eigenvalue weighted by Crippen LogP contribution is -2.34. The van der Waals surface area contributed by atoms with Crippen LogP contribution in [0.25, 0.3) is 10.9 Å². The van der Waals surface area contributed by atoms with Crippen LogP contribution in [0.2, 0.25) is 0 Å². The molecule has 1 atom stereocenters. The van der Waals surface area contributed by atoms with Crippen LogP contribution >= 0.6 is 0 Å². The Morgan fingerprint density at radius 1 is 1.28 bits per heavy atom. The number of likely N-dealkylation sites (N-methyl/N-ethyl adjacent to an activating group) is 1. The molecule has 2 saturated carbocycles. The van der Waals surface area contributed by atoms with Gasteiger partial charge in [0.2, 0.25) is 5.43 Å². The van der Waals surface area contributed by atoms with E-state index in [9.17, 15) is 14.7 Å². The van der Waals surface area contributed by atoms with E-state index in [0.29, 0.717) is 13.1 Å². The summed E-state index contributed by atoms with van der Waals surface area (Å²) < 4.78 is 32.8. The highest BCUT2D eigenvalue weighted by atomic mass is 19.1. The topological polar surface area (TPSA) is 74.6 Å². The van der Waals surface area contributed by atoms with Gasteiger partial charge in [-0.05, 0) is 39.7 Å². The van der Waals surface area contributed by atoms with Gasteiger partial charge in [-0.15, -0.1) is 0 Å². The van der Waals surface area contributed by atoms with Crippen LogP contribution in [0.5, 0.6) is 0 Å². The molecule has 3 aliphatic rings. The third-order valence-electron chi connectivity index (χ3n) is 6.94. The van der Waals surface area contributed by atoms with E-state index in [0.717, 1.165) is 25.7 Å². The minimum atomic E-state index is -1.39. The number of hydrogen-bond donors (Lipinski definition) is 2. The van der Waals surface area contributed by atoms with Crippen molar-refractivity contribution in [3.63, 3.8) is 0 Å². The number of carboxylic acid groups (broad SMARTS) is 1. The van der Waals surface area contributed by atoms with Crippen LogP contribution in [0.15, 0.2) is 11.0 Å². The summed E-state index contributed by atoms with van der Waals surface area (Å²) in [5.41, 5.74) is -1.30. The molecule has 1 saturated heterocycles. The predicted molar refractivity (Wildman–Crippen MR) is 105 cm³/mol. The summed E-state index contributed by atoms with van der Waals surface area (Å²) >= 11 is 0. The first-order valence-corrected chi connectivity index (χ1v) is 10.0. The number of hydrogen-bond acceptors (Lipinski definition) is 4. The molecule has 2 aliphatic carbocycles. The zero-order valence-electron chi connectivity index (χ0n) is 16.4. The smallest absolute Gasteiger partial charge is 0.341 e. The number of aromatic carboxylic acids is 1. The molecule has 154 valence electrons. The Morgan fingerprint density at radius 2 is 1.97 bits per heavy atom. The van der Waals surface area contributed by atoms with E-state index >= 15 is 8.78 Å². The molecular weight excluding hydrogens is 380 g/mol. The molecule has 0 radical (unpaired) electrons. The van der Waals surface area contributed by atoms with Gasteiger partial charge in [0.15, 0.2) is 11.6 Å². The van der Waals surface area contributed by atoms with Gasteiger partial charge in [0.25, 0.3) is 0 Å². The molecule has 1 aromatic heterocycles. The second kappa shape index (κ2) is 6.01. The average Bonchev–Trinajstić information content (AvgIpc) is 3.58. The van der Waals surface area contributed by atoms with Gasteiger partial charge in [0, 0.05) is 42.3 Å². The number of halogens is 2. The zero-order chi connectivity index (χ0) is 20.7. The Bertz CT molecular complexity index is 1120. The van der Waals surface area contributed by atoms with Crippen LogP contribution in [0, 0.1) is 24.0 Å². The molecule has 8 heteroatoms. The number of anilines is 1. The molecule has 1 aliphatic heterocycles. The fraction of sp³-hybridized carbons (Fsp3) is 0.524. The van der Waals surface area contributed by atoms with Crippen molar-refractivity contribution in [2.24, 2.45) is 5.41 Å². The third kappa shape index (κ3) is 2.54. The molecule has 0 bridgehead atoms. The summed E-state index contributed by atoms with van der Waals surface area (Å²) in [6.07, 6.45) is 4.82. The van der Waals surface area contributed by atoms with Gasteiger partial charge in [-0.1, -0.05) is 0 Å².